The molecule has 0 radical (unpaired) electrons. The van der Waals surface area contributed by atoms with Crippen LogP contribution in [0.5, 0.6) is 0 Å². The first-order chi connectivity index (χ1) is 7.81. The van der Waals surface area contributed by atoms with Crippen molar-refractivity contribution in [1.82, 2.24) is 0 Å². The fourth-order valence-electron chi connectivity index (χ4n) is 2.45. The zero-order valence-corrected chi connectivity index (χ0v) is 11.0. The highest BCUT2D eigenvalue weighted by atomic mass is 32.1. The fourth-order valence-corrected chi connectivity index (χ4v) is 2.68. The minimum absolute atomic E-state index is 1.09. The molecule has 0 saturated carbocycles. The number of benzene rings is 1. The molecule has 2 rings (SSSR count). The molecule has 0 N–H and O–H groups in total. The molecule has 1 heterocycles. The summed E-state index contributed by atoms with van der Waals surface area (Å²) in [6.07, 6.45) is 6.47. The van der Waals surface area contributed by atoms with E-state index in [1.807, 2.05) is 0 Å². The number of fused-ring (bicyclic) bond motifs is 1. The second-order valence-corrected chi connectivity index (χ2v) is 5.13. The SMILES string of the molecule is CCCCCN1CCCc2cc(S)ccc21. The summed E-state index contributed by atoms with van der Waals surface area (Å²) in [5.41, 5.74) is 2.93. The Morgan fingerprint density at radius 1 is 1.31 bits per heavy atom. The maximum Gasteiger partial charge on any atom is 0.0399 e. The highest BCUT2D eigenvalue weighted by molar-refractivity contribution is 7.80. The number of anilines is 1. The number of nitrogens with zero attached hydrogens (tertiary/aromatic N) is 1. The van der Waals surface area contributed by atoms with Crippen molar-refractivity contribution in [2.24, 2.45) is 0 Å². The molecule has 0 bridgehead atoms. The van der Waals surface area contributed by atoms with Crippen LogP contribution in [0.1, 0.15) is 38.2 Å². The maximum atomic E-state index is 4.42. The molecule has 0 spiro atoms. The molecule has 0 amide bonds. The van der Waals surface area contributed by atoms with Gasteiger partial charge in [-0.3, -0.25) is 0 Å². The molecule has 0 atom stereocenters. The highest BCUT2D eigenvalue weighted by Gasteiger charge is 2.15. The normalized spacial score (nSPS) is 15.0. The van der Waals surface area contributed by atoms with Crippen LogP contribution in [-0.2, 0) is 6.42 Å². The van der Waals surface area contributed by atoms with Crippen molar-refractivity contribution < 1.29 is 0 Å². The van der Waals surface area contributed by atoms with Crippen molar-refractivity contribution in [2.45, 2.75) is 43.9 Å². The molecule has 1 aliphatic heterocycles. The molecule has 0 fully saturated rings. The average molecular weight is 235 g/mol. The van der Waals surface area contributed by atoms with E-state index < -0.39 is 0 Å². The quantitative estimate of drug-likeness (QED) is 0.611. The summed E-state index contributed by atoms with van der Waals surface area (Å²) < 4.78 is 0. The Hall–Kier alpha value is -0.630. The lowest BCUT2D eigenvalue weighted by Gasteiger charge is -2.31. The number of thiol groups is 1. The summed E-state index contributed by atoms with van der Waals surface area (Å²) in [5, 5.41) is 0. The monoisotopic (exact) mass is 235 g/mol. The van der Waals surface area contributed by atoms with Crippen molar-refractivity contribution >= 4 is 18.3 Å². The molecule has 0 aromatic heterocycles. The standard InChI is InChI=1S/C14H21NS/c1-2-3-4-9-15-10-5-6-12-11-13(16)7-8-14(12)15/h7-8,11,16H,2-6,9-10H2,1H3. The van der Waals surface area contributed by atoms with Crippen LogP contribution in [0.4, 0.5) is 5.69 Å². The molecule has 0 aliphatic carbocycles. The van der Waals surface area contributed by atoms with E-state index >= 15 is 0 Å². The number of hydrogen-bond donors (Lipinski definition) is 1. The zero-order chi connectivity index (χ0) is 11.4. The van der Waals surface area contributed by atoms with E-state index in [9.17, 15) is 0 Å². The van der Waals surface area contributed by atoms with Crippen LogP contribution in [0.25, 0.3) is 0 Å². The van der Waals surface area contributed by atoms with Crippen LogP contribution >= 0.6 is 12.6 Å². The van der Waals surface area contributed by atoms with Gasteiger partial charge in [-0.25, -0.2) is 0 Å². The Morgan fingerprint density at radius 3 is 3.00 bits per heavy atom. The van der Waals surface area contributed by atoms with E-state index in [0.717, 1.165) is 4.90 Å². The predicted octanol–water partition coefficient (Wildman–Crippen LogP) is 3.92. The largest absolute Gasteiger partial charge is 0.371 e. The minimum Gasteiger partial charge on any atom is -0.371 e. The van der Waals surface area contributed by atoms with E-state index in [2.05, 4.69) is 42.7 Å². The Balaban J connectivity index is 2.07. The second kappa shape index (κ2) is 5.62. The summed E-state index contributed by atoms with van der Waals surface area (Å²) in [6.45, 7) is 4.70. The maximum absolute atomic E-state index is 4.42. The van der Waals surface area contributed by atoms with Gasteiger partial charge in [0.05, 0.1) is 0 Å². The molecule has 2 heteroatoms. The fraction of sp³-hybridized carbons (Fsp3) is 0.571. The van der Waals surface area contributed by atoms with Gasteiger partial charge in [0.1, 0.15) is 0 Å². The van der Waals surface area contributed by atoms with Crippen LogP contribution in [-0.4, -0.2) is 13.1 Å². The Kier molecular flexibility index (Phi) is 4.16. The topological polar surface area (TPSA) is 3.24 Å². The predicted molar refractivity (Wildman–Crippen MR) is 73.8 cm³/mol. The minimum atomic E-state index is 1.09. The second-order valence-electron chi connectivity index (χ2n) is 4.61. The third kappa shape index (κ3) is 2.73. The number of hydrogen-bond acceptors (Lipinski definition) is 2. The van der Waals surface area contributed by atoms with E-state index in [-0.39, 0.29) is 0 Å². The van der Waals surface area contributed by atoms with Crippen molar-refractivity contribution in [2.75, 3.05) is 18.0 Å². The highest BCUT2D eigenvalue weighted by Crippen LogP contribution is 2.29. The lowest BCUT2D eigenvalue weighted by molar-refractivity contribution is 0.637. The third-order valence-corrected chi connectivity index (χ3v) is 3.59. The molecule has 1 aromatic rings. The summed E-state index contributed by atoms with van der Waals surface area (Å²) in [7, 11) is 0. The summed E-state index contributed by atoms with van der Waals surface area (Å²) in [4.78, 5) is 3.64. The molecule has 1 aromatic carbocycles. The molecular formula is C14H21NS. The Morgan fingerprint density at radius 2 is 2.19 bits per heavy atom. The molecular weight excluding hydrogens is 214 g/mol. The molecule has 16 heavy (non-hydrogen) atoms. The van der Waals surface area contributed by atoms with Gasteiger partial charge in [0, 0.05) is 23.7 Å². The van der Waals surface area contributed by atoms with Crippen LogP contribution in [0, 0.1) is 0 Å². The zero-order valence-electron chi connectivity index (χ0n) is 10.1. The van der Waals surface area contributed by atoms with Gasteiger partial charge in [-0.2, -0.15) is 0 Å². The van der Waals surface area contributed by atoms with Crippen molar-refractivity contribution in [3.05, 3.63) is 23.8 Å². The van der Waals surface area contributed by atoms with Crippen molar-refractivity contribution in [3.8, 4) is 0 Å². The van der Waals surface area contributed by atoms with Gasteiger partial charge in [0.15, 0.2) is 0 Å². The van der Waals surface area contributed by atoms with E-state index in [1.54, 1.807) is 0 Å². The molecule has 88 valence electrons. The van der Waals surface area contributed by atoms with Gasteiger partial charge in [-0.15, -0.1) is 12.6 Å². The number of rotatable bonds is 4. The van der Waals surface area contributed by atoms with Crippen LogP contribution in [0.3, 0.4) is 0 Å². The summed E-state index contributed by atoms with van der Waals surface area (Å²) >= 11 is 4.42. The number of aryl methyl sites for hydroxylation is 1. The molecule has 1 aliphatic rings. The first kappa shape index (κ1) is 11.8. The average Bonchev–Trinajstić information content (AvgIpc) is 2.29. The third-order valence-electron chi connectivity index (χ3n) is 3.31. The summed E-state index contributed by atoms with van der Waals surface area (Å²) in [5.74, 6) is 0. The Labute approximate surface area is 104 Å². The molecule has 0 saturated heterocycles. The Bertz CT molecular complexity index is 349. The lowest BCUT2D eigenvalue weighted by Crippen LogP contribution is -2.30. The molecule has 0 unspecified atom stereocenters. The first-order valence-electron chi connectivity index (χ1n) is 6.38. The van der Waals surface area contributed by atoms with E-state index in [0.29, 0.717) is 0 Å². The smallest absolute Gasteiger partial charge is 0.0399 e. The van der Waals surface area contributed by atoms with Crippen LogP contribution in [0.15, 0.2) is 23.1 Å². The lowest BCUT2D eigenvalue weighted by atomic mass is 10.0. The van der Waals surface area contributed by atoms with Crippen LogP contribution in [0.2, 0.25) is 0 Å². The van der Waals surface area contributed by atoms with Crippen molar-refractivity contribution in [3.63, 3.8) is 0 Å². The molecule has 1 nitrogen and oxygen atoms in total. The van der Waals surface area contributed by atoms with Gasteiger partial charge in [-0.05, 0) is 43.0 Å². The van der Waals surface area contributed by atoms with Crippen LogP contribution < -0.4 is 4.90 Å². The number of unbranched alkanes of at least 4 members (excludes halogenated alkanes) is 2. The first-order valence-corrected chi connectivity index (χ1v) is 6.83. The summed E-state index contributed by atoms with van der Waals surface area (Å²) in [6, 6.07) is 6.58. The van der Waals surface area contributed by atoms with Gasteiger partial charge >= 0.3 is 0 Å². The van der Waals surface area contributed by atoms with Gasteiger partial charge in [0.25, 0.3) is 0 Å². The van der Waals surface area contributed by atoms with Gasteiger partial charge in [-0.1, -0.05) is 19.8 Å². The van der Waals surface area contributed by atoms with E-state index in [4.69, 9.17) is 0 Å². The van der Waals surface area contributed by atoms with E-state index in [1.165, 1.54) is 56.4 Å². The van der Waals surface area contributed by atoms with Crippen molar-refractivity contribution in [1.29, 1.82) is 0 Å². The van der Waals surface area contributed by atoms with Gasteiger partial charge in [0.2, 0.25) is 0 Å². The van der Waals surface area contributed by atoms with Gasteiger partial charge < -0.3 is 4.90 Å².